The second kappa shape index (κ2) is 7.36. The standard InChI is InChI=1S/C20H13F5N4O/c21-12-2-1-3-13(22)15(12)17-28-14-9-26-19(30)16(14)18(29-17)27-11-6-4-10(5-7-11)8-20(23,24)25/h1-7H,8-9H2,(H,26,30)(H,27,28,29). The first-order valence-electron chi connectivity index (χ1n) is 8.77. The van der Waals surface area contributed by atoms with Gasteiger partial charge < -0.3 is 10.6 Å². The van der Waals surface area contributed by atoms with Crippen LogP contribution in [0, 0.1) is 11.6 Å². The first-order valence-corrected chi connectivity index (χ1v) is 8.77. The number of alkyl halides is 3. The van der Waals surface area contributed by atoms with E-state index in [4.69, 9.17) is 0 Å². The summed E-state index contributed by atoms with van der Waals surface area (Å²) in [5, 5.41) is 5.40. The van der Waals surface area contributed by atoms with Crippen LogP contribution in [0.2, 0.25) is 0 Å². The van der Waals surface area contributed by atoms with Gasteiger partial charge in [-0.15, -0.1) is 0 Å². The molecular weight excluding hydrogens is 407 g/mol. The zero-order chi connectivity index (χ0) is 21.5. The molecule has 154 valence electrons. The number of rotatable bonds is 4. The highest BCUT2D eigenvalue weighted by Gasteiger charge is 2.29. The molecule has 0 bridgehead atoms. The number of carbonyl (C=O) groups excluding carboxylic acids is 1. The van der Waals surface area contributed by atoms with Crippen LogP contribution in [0.4, 0.5) is 33.5 Å². The van der Waals surface area contributed by atoms with E-state index in [9.17, 15) is 26.7 Å². The summed E-state index contributed by atoms with van der Waals surface area (Å²) in [6, 6.07) is 8.69. The normalized spacial score (nSPS) is 13.2. The number of hydrogen-bond acceptors (Lipinski definition) is 4. The number of benzene rings is 2. The second-order valence-electron chi connectivity index (χ2n) is 6.61. The van der Waals surface area contributed by atoms with E-state index in [0.29, 0.717) is 5.69 Å². The van der Waals surface area contributed by atoms with Gasteiger partial charge in [-0.25, -0.2) is 18.7 Å². The van der Waals surface area contributed by atoms with Gasteiger partial charge in [0, 0.05) is 5.69 Å². The maximum absolute atomic E-state index is 14.2. The Morgan fingerprint density at radius 2 is 1.63 bits per heavy atom. The summed E-state index contributed by atoms with van der Waals surface area (Å²) in [4.78, 5) is 20.4. The van der Waals surface area contributed by atoms with Gasteiger partial charge in [0.25, 0.3) is 5.91 Å². The quantitative estimate of drug-likeness (QED) is 0.610. The van der Waals surface area contributed by atoms with Gasteiger partial charge >= 0.3 is 6.18 Å². The van der Waals surface area contributed by atoms with Crippen molar-refractivity contribution in [1.29, 1.82) is 0 Å². The molecule has 0 unspecified atom stereocenters. The molecule has 2 aromatic carbocycles. The number of halogens is 5. The lowest BCUT2D eigenvalue weighted by molar-refractivity contribution is -0.127. The zero-order valence-corrected chi connectivity index (χ0v) is 15.1. The first-order chi connectivity index (χ1) is 14.2. The molecule has 0 spiro atoms. The monoisotopic (exact) mass is 420 g/mol. The van der Waals surface area contributed by atoms with Crippen molar-refractivity contribution in [3.63, 3.8) is 0 Å². The van der Waals surface area contributed by atoms with Gasteiger partial charge in [0.15, 0.2) is 5.82 Å². The highest BCUT2D eigenvalue weighted by atomic mass is 19.4. The predicted molar refractivity (Wildman–Crippen MR) is 98.0 cm³/mol. The number of carbonyl (C=O) groups is 1. The lowest BCUT2D eigenvalue weighted by Gasteiger charge is -2.12. The molecule has 30 heavy (non-hydrogen) atoms. The topological polar surface area (TPSA) is 66.9 Å². The number of amides is 1. The van der Waals surface area contributed by atoms with Crippen LogP contribution in [0.25, 0.3) is 11.4 Å². The molecule has 2 heterocycles. The van der Waals surface area contributed by atoms with Crippen molar-refractivity contribution in [2.75, 3.05) is 5.32 Å². The third-order valence-corrected chi connectivity index (χ3v) is 4.44. The highest BCUT2D eigenvalue weighted by molar-refractivity contribution is 6.03. The third-order valence-electron chi connectivity index (χ3n) is 4.44. The molecule has 5 nitrogen and oxygen atoms in total. The van der Waals surface area contributed by atoms with Crippen LogP contribution in [-0.2, 0) is 13.0 Å². The molecular formula is C20H13F5N4O. The van der Waals surface area contributed by atoms with Gasteiger partial charge in [-0.05, 0) is 29.8 Å². The Balaban J connectivity index is 1.73. The molecule has 1 aromatic heterocycles. The molecule has 0 saturated carbocycles. The fourth-order valence-electron chi connectivity index (χ4n) is 3.11. The van der Waals surface area contributed by atoms with Gasteiger partial charge in [-0.1, -0.05) is 18.2 Å². The lowest BCUT2D eigenvalue weighted by atomic mass is 10.1. The van der Waals surface area contributed by atoms with Crippen LogP contribution in [0.15, 0.2) is 42.5 Å². The van der Waals surface area contributed by atoms with E-state index in [2.05, 4.69) is 20.6 Å². The van der Waals surface area contributed by atoms with E-state index in [1.807, 2.05) is 0 Å². The number of nitrogens with zero attached hydrogens (tertiary/aromatic N) is 2. The molecule has 0 saturated heterocycles. The molecule has 1 aliphatic heterocycles. The minimum atomic E-state index is -4.33. The van der Waals surface area contributed by atoms with Crippen LogP contribution >= 0.6 is 0 Å². The number of fused-ring (bicyclic) bond motifs is 1. The predicted octanol–water partition coefficient (Wildman–Crippen LogP) is 4.51. The average Bonchev–Trinajstić information content (AvgIpc) is 3.03. The minimum absolute atomic E-state index is 0.00350. The maximum atomic E-state index is 14.2. The Morgan fingerprint density at radius 3 is 2.27 bits per heavy atom. The summed E-state index contributed by atoms with van der Waals surface area (Å²) in [6.45, 7) is 0.0545. The smallest absolute Gasteiger partial charge is 0.346 e. The van der Waals surface area contributed by atoms with Crippen molar-refractivity contribution >= 4 is 17.4 Å². The molecule has 1 aliphatic rings. The average molecular weight is 420 g/mol. The Kier molecular flexibility index (Phi) is 4.84. The van der Waals surface area contributed by atoms with E-state index in [1.54, 1.807) is 0 Å². The molecule has 0 aliphatic carbocycles. The molecule has 0 radical (unpaired) electrons. The van der Waals surface area contributed by atoms with E-state index in [0.717, 1.165) is 12.1 Å². The maximum Gasteiger partial charge on any atom is 0.393 e. The third kappa shape index (κ3) is 3.93. The van der Waals surface area contributed by atoms with E-state index in [-0.39, 0.29) is 35.0 Å². The largest absolute Gasteiger partial charge is 0.393 e. The van der Waals surface area contributed by atoms with Crippen LogP contribution in [0.1, 0.15) is 21.6 Å². The summed E-state index contributed by atoms with van der Waals surface area (Å²) in [5.41, 5.74) is 0.330. The van der Waals surface area contributed by atoms with Gasteiger partial charge in [-0.2, -0.15) is 13.2 Å². The van der Waals surface area contributed by atoms with E-state index < -0.39 is 35.7 Å². The molecule has 0 atom stereocenters. The Bertz CT molecular complexity index is 1110. The molecule has 2 N–H and O–H groups in total. The molecule has 0 fully saturated rings. The van der Waals surface area contributed by atoms with Crippen molar-refractivity contribution in [2.24, 2.45) is 0 Å². The van der Waals surface area contributed by atoms with Crippen LogP contribution < -0.4 is 10.6 Å². The Morgan fingerprint density at radius 1 is 0.967 bits per heavy atom. The summed E-state index contributed by atoms with van der Waals surface area (Å²) in [5.74, 6) is -2.46. The number of hydrogen-bond donors (Lipinski definition) is 2. The van der Waals surface area contributed by atoms with Gasteiger partial charge in [0.1, 0.15) is 23.0 Å². The zero-order valence-electron chi connectivity index (χ0n) is 15.1. The fourth-order valence-corrected chi connectivity index (χ4v) is 3.11. The van der Waals surface area contributed by atoms with Crippen molar-refractivity contribution in [2.45, 2.75) is 19.1 Å². The number of nitrogens with one attached hydrogen (secondary N) is 2. The van der Waals surface area contributed by atoms with Crippen LogP contribution in [-0.4, -0.2) is 22.1 Å². The summed E-state index contributed by atoms with van der Waals surface area (Å²) in [6.07, 6.45) is -5.41. The fraction of sp³-hybridized carbons (Fsp3) is 0.150. The molecule has 10 heteroatoms. The SMILES string of the molecule is O=C1NCc2nc(-c3c(F)cccc3F)nc(Nc3ccc(CC(F)(F)F)cc3)c21. The summed E-state index contributed by atoms with van der Waals surface area (Å²) in [7, 11) is 0. The molecule has 1 amide bonds. The van der Waals surface area contributed by atoms with E-state index in [1.165, 1.54) is 30.3 Å². The van der Waals surface area contributed by atoms with Crippen molar-refractivity contribution in [3.8, 4) is 11.4 Å². The highest BCUT2D eigenvalue weighted by Crippen LogP contribution is 2.30. The number of anilines is 2. The second-order valence-corrected chi connectivity index (χ2v) is 6.61. The molecule has 3 aromatic rings. The van der Waals surface area contributed by atoms with Crippen molar-refractivity contribution < 1.29 is 26.7 Å². The Hall–Kier alpha value is -3.56. The van der Waals surface area contributed by atoms with Gasteiger partial charge in [-0.3, -0.25) is 4.79 Å². The van der Waals surface area contributed by atoms with Crippen LogP contribution in [0.3, 0.4) is 0 Å². The number of aromatic nitrogens is 2. The van der Waals surface area contributed by atoms with E-state index >= 15 is 0 Å². The minimum Gasteiger partial charge on any atom is -0.346 e. The lowest BCUT2D eigenvalue weighted by Crippen LogP contribution is -2.14. The first kappa shape index (κ1) is 19.7. The van der Waals surface area contributed by atoms with Crippen LogP contribution in [0.5, 0.6) is 0 Å². The summed E-state index contributed by atoms with van der Waals surface area (Å²) < 4.78 is 65.9. The van der Waals surface area contributed by atoms with Crippen molar-refractivity contribution in [1.82, 2.24) is 15.3 Å². The van der Waals surface area contributed by atoms with Gasteiger partial charge in [0.2, 0.25) is 0 Å². The Labute approximate surface area is 167 Å². The molecule has 4 rings (SSSR count). The van der Waals surface area contributed by atoms with Crippen molar-refractivity contribution in [3.05, 3.63) is 70.9 Å². The van der Waals surface area contributed by atoms with Gasteiger partial charge in [0.05, 0.1) is 24.2 Å². The summed E-state index contributed by atoms with van der Waals surface area (Å²) >= 11 is 0.